The first-order valence-electron chi connectivity index (χ1n) is 4.73. The van der Waals surface area contributed by atoms with E-state index in [4.69, 9.17) is 0 Å². The molecule has 3 heteroatoms. The number of aromatic nitrogens is 1. The minimum absolute atomic E-state index is 0.0900. The normalized spacial score (nSPS) is 10.3. The van der Waals surface area contributed by atoms with Gasteiger partial charge in [0.15, 0.2) is 5.78 Å². The van der Waals surface area contributed by atoms with Gasteiger partial charge in [0, 0.05) is 12.5 Å². The Labute approximate surface area is 92.7 Å². The predicted molar refractivity (Wildman–Crippen MR) is 62.3 cm³/mol. The maximum atomic E-state index is 11.3. The summed E-state index contributed by atoms with van der Waals surface area (Å²) in [6.07, 6.45) is 0. The largest absolute Gasteiger partial charge is 0.294 e. The van der Waals surface area contributed by atoms with Crippen molar-refractivity contribution in [3.05, 3.63) is 40.8 Å². The lowest BCUT2D eigenvalue weighted by atomic mass is 10.1. The highest BCUT2D eigenvalue weighted by atomic mass is 32.1. The molecule has 1 heterocycles. The highest BCUT2D eigenvalue weighted by Gasteiger charge is 2.13. The van der Waals surface area contributed by atoms with Gasteiger partial charge in [0.2, 0.25) is 0 Å². The van der Waals surface area contributed by atoms with E-state index in [1.807, 2.05) is 37.3 Å². The molecule has 0 amide bonds. The number of carbonyl (C=O) groups excluding carboxylic acids is 1. The highest BCUT2D eigenvalue weighted by molar-refractivity contribution is 7.08. The summed E-state index contributed by atoms with van der Waals surface area (Å²) in [5.41, 5.74) is 2.98. The topological polar surface area (TPSA) is 30.0 Å². The molecule has 0 fully saturated rings. The first-order chi connectivity index (χ1) is 7.20. The summed E-state index contributed by atoms with van der Waals surface area (Å²) in [6, 6.07) is 9.93. The fraction of sp³-hybridized carbons (Fsp3) is 0.167. The van der Waals surface area contributed by atoms with Gasteiger partial charge in [-0.15, -0.1) is 0 Å². The van der Waals surface area contributed by atoms with Crippen molar-refractivity contribution in [3.8, 4) is 11.3 Å². The Balaban J connectivity index is 2.52. The van der Waals surface area contributed by atoms with Gasteiger partial charge < -0.3 is 0 Å². The van der Waals surface area contributed by atoms with Crippen LogP contribution in [0.25, 0.3) is 11.3 Å². The summed E-state index contributed by atoms with van der Waals surface area (Å²) in [7, 11) is 0. The number of ketones is 1. The Hall–Kier alpha value is -1.48. The monoisotopic (exact) mass is 217 g/mol. The molecule has 0 N–H and O–H groups in total. The molecule has 0 unspecified atom stereocenters. The summed E-state index contributed by atoms with van der Waals surface area (Å²) in [6.45, 7) is 3.53. The molecule has 0 aliphatic rings. The molecule has 1 aromatic carbocycles. The minimum atomic E-state index is 0.0900. The first-order valence-corrected chi connectivity index (χ1v) is 5.50. The molecular formula is C12H11NOS. The van der Waals surface area contributed by atoms with Crippen molar-refractivity contribution in [1.29, 1.82) is 0 Å². The average molecular weight is 217 g/mol. The van der Waals surface area contributed by atoms with Crippen LogP contribution < -0.4 is 0 Å². The SMILES string of the molecule is CC(=O)c1snc(-c2ccccc2)c1C. The minimum Gasteiger partial charge on any atom is -0.294 e. The molecule has 76 valence electrons. The summed E-state index contributed by atoms with van der Waals surface area (Å²) in [4.78, 5) is 12.0. The van der Waals surface area contributed by atoms with Crippen LogP contribution in [0.1, 0.15) is 22.2 Å². The maximum Gasteiger partial charge on any atom is 0.171 e. The van der Waals surface area contributed by atoms with Crippen LogP contribution in [-0.4, -0.2) is 10.2 Å². The van der Waals surface area contributed by atoms with E-state index in [1.54, 1.807) is 6.92 Å². The van der Waals surface area contributed by atoms with Crippen LogP contribution in [0.3, 0.4) is 0 Å². The van der Waals surface area contributed by atoms with Crippen LogP contribution in [-0.2, 0) is 0 Å². The zero-order chi connectivity index (χ0) is 10.8. The summed E-state index contributed by atoms with van der Waals surface area (Å²) >= 11 is 1.28. The summed E-state index contributed by atoms with van der Waals surface area (Å²) in [5, 5.41) is 0. The zero-order valence-corrected chi connectivity index (χ0v) is 9.47. The Morgan fingerprint density at radius 1 is 1.27 bits per heavy atom. The molecule has 0 aliphatic heterocycles. The average Bonchev–Trinajstić information content (AvgIpc) is 2.61. The third-order valence-corrected chi connectivity index (χ3v) is 3.34. The van der Waals surface area contributed by atoms with E-state index in [-0.39, 0.29) is 5.78 Å². The van der Waals surface area contributed by atoms with E-state index in [9.17, 15) is 4.79 Å². The smallest absolute Gasteiger partial charge is 0.171 e. The van der Waals surface area contributed by atoms with Gasteiger partial charge in [-0.1, -0.05) is 30.3 Å². The quantitative estimate of drug-likeness (QED) is 0.722. The molecule has 0 bridgehead atoms. The van der Waals surface area contributed by atoms with Crippen LogP contribution in [0.4, 0.5) is 0 Å². The molecule has 2 rings (SSSR count). The first kappa shape index (κ1) is 10.1. The highest BCUT2D eigenvalue weighted by Crippen LogP contribution is 2.27. The second-order valence-corrected chi connectivity index (χ2v) is 4.18. The van der Waals surface area contributed by atoms with Crippen molar-refractivity contribution >= 4 is 17.3 Å². The number of carbonyl (C=O) groups is 1. The van der Waals surface area contributed by atoms with Gasteiger partial charge in [0.25, 0.3) is 0 Å². The van der Waals surface area contributed by atoms with Gasteiger partial charge >= 0.3 is 0 Å². The lowest BCUT2D eigenvalue weighted by molar-refractivity contribution is 0.102. The van der Waals surface area contributed by atoms with Crippen LogP contribution >= 0.6 is 11.5 Å². The number of hydrogen-bond donors (Lipinski definition) is 0. The summed E-state index contributed by atoms with van der Waals surface area (Å²) in [5.74, 6) is 0.0900. The Bertz CT molecular complexity index is 488. The second kappa shape index (κ2) is 3.95. The molecule has 1 aromatic heterocycles. The van der Waals surface area contributed by atoms with Gasteiger partial charge in [-0.2, -0.15) is 4.37 Å². The van der Waals surface area contributed by atoms with Crippen molar-refractivity contribution in [1.82, 2.24) is 4.37 Å². The number of nitrogens with zero attached hydrogens (tertiary/aromatic N) is 1. The third kappa shape index (κ3) is 1.83. The van der Waals surface area contributed by atoms with E-state index >= 15 is 0 Å². The third-order valence-electron chi connectivity index (χ3n) is 2.29. The molecule has 0 aliphatic carbocycles. The molecular weight excluding hydrogens is 206 g/mol. The Morgan fingerprint density at radius 3 is 2.47 bits per heavy atom. The maximum absolute atomic E-state index is 11.3. The van der Waals surface area contributed by atoms with E-state index in [0.717, 1.165) is 21.7 Å². The predicted octanol–water partition coefficient (Wildman–Crippen LogP) is 3.32. The Morgan fingerprint density at radius 2 is 1.93 bits per heavy atom. The number of Topliss-reactive ketones (excluding diaryl/α,β-unsaturated/α-hetero) is 1. The molecule has 0 saturated heterocycles. The lowest BCUT2D eigenvalue weighted by Crippen LogP contribution is -1.90. The van der Waals surface area contributed by atoms with E-state index in [2.05, 4.69) is 4.37 Å². The fourth-order valence-electron chi connectivity index (χ4n) is 1.53. The van der Waals surface area contributed by atoms with E-state index < -0.39 is 0 Å². The van der Waals surface area contributed by atoms with Gasteiger partial charge in [-0.3, -0.25) is 4.79 Å². The molecule has 0 saturated carbocycles. The van der Waals surface area contributed by atoms with Gasteiger partial charge in [-0.05, 0) is 24.0 Å². The van der Waals surface area contributed by atoms with E-state index in [0.29, 0.717) is 0 Å². The van der Waals surface area contributed by atoms with Gasteiger partial charge in [0.05, 0.1) is 10.6 Å². The molecule has 2 nitrogen and oxygen atoms in total. The van der Waals surface area contributed by atoms with Gasteiger partial charge in [0.1, 0.15) is 0 Å². The number of rotatable bonds is 2. The molecule has 0 radical (unpaired) electrons. The van der Waals surface area contributed by atoms with E-state index in [1.165, 1.54) is 11.5 Å². The molecule has 15 heavy (non-hydrogen) atoms. The van der Waals surface area contributed by atoms with Crippen molar-refractivity contribution in [3.63, 3.8) is 0 Å². The molecule has 2 aromatic rings. The standard InChI is InChI=1S/C12H11NOS/c1-8-11(10-6-4-3-5-7-10)13-15-12(8)9(2)14/h3-7H,1-2H3. The zero-order valence-electron chi connectivity index (χ0n) is 8.65. The number of benzene rings is 1. The van der Waals surface area contributed by atoms with Crippen molar-refractivity contribution < 1.29 is 4.79 Å². The lowest BCUT2D eigenvalue weighted by Gasteiger charge is -1.98. The second-order valence-electron chi connectivity index (χ2n) is 3.41. The molecule has 0 spiro atoms. The summed E-state index contributed by atoms with van der Waals surface area (Å²) < 4.78 is 4.33. The van der Waals surface area contributed by atoms with Crippen LogP contribution in [0, 0.1) is 6.92 Å². The Kier molecular flexibility index (Phi) is 2.64. The van der Waals surface area contributed by atoms with Crippen molar-refractivity contribution in [2.24, 2.45) is 0 Å². The van der Waals surface area contributed by atoms with Crippen molar-refractivity contribution in [2.75, 3.05) is 0 Å². The van der Waals surface area contributed by atoms with Crippen molar-refractivity contribution in [2.45, 2.75) is 13.8 Å². The molecule has 0 atom stereocenters. The van der Waals surface area contributed by atoms with Crippen LogP contribution in [0.5, 0.6) is 0 Å². The van der Waals surface area contributed by atoms with Crippen LogP contribution in [0.2, 0.25) is 0 Å². The van der Waals surface area contributed by atoms with Gasteiger partial charge in [-0.25, -0.2) is 0 Å². The number of hydrogen-bond acceptors (Lipinski definition) is 3. The fourth-order valence-corrected chi connectivity index (χ4v) is 2.32. The van der Waals surface area contributed by atoms with Crippen LogP contribution in [0.15, 0.2) is 30.3 Å².